The first-order valence-electron chi connectivity index (χ1n) is 8.40. The molecule has 0 atom stereocenters. The van der Waals surface area contributed by atoms with Crippen molar-refractivity contribution in [2.75, 3.05) is 5.32 Å². The van der Waals surface area contributed by atoms with Crippen LogP contribution in [-0.4, -0.2) is 16.8 Å². The summed E-state index contributed by atoms with van der Waals surface area (Å²) >= 11 is 0. The van der Waals surface area contributed by atoms with E-state index in [2.05, 4.69) is 24.4 Å². The number of hydrogen-bond acceptors (Lipinski definition) is 3. The van der Waals surface area contributed by atoms with E-state index in [0.717, 1.165) is 27.1 Å². The van der Waals surface area contributed by atoms with E-state index in [4.69, 9.17) is 4.99 Å². The van der Waals surface area contributed by atoms with Crippen LogP contribution >= 0.6 is 0 Å². The molecule has 3 aromatic rings. The Balaban J connectivity index is 1.69. The summed E-state index contributed by atoms with van der Waals surface area (Å²) in [5.74, 6) is 0.00170. The number of hydrogen-bond donors (Lipinski definition) is 2. The molecule has 1 aromatic heterocycles. The van der Waals surface area contributed by atoms with Crippen LogP contribution in [0, 0.1) is 6.92 Å². The van der Waals surface area contributed by atoms with E-state index in [9.17, 15) is 10.0 Å². The normalized spacial score (nSPS) is 12.4. The van der Waals surface area contributed by atoms with Crippen molar-refractivity contribution in [1.82, 2.24) is 0 Å². The molecule has 2 N–H and O–H groups in total. The highest BCUT2D eigenvalue weighted by molar-refractivity contribution is 6.13. The van der Waals surface area contributed by atoms with E-state index in [1.165, 1.54) is 6.20 Å². The Hall–Kier alpha value is -3.47. The maximum atomic E-state index is 12.7. The number of benzene rings is 2. The predicted octanol–water partition coefficient (Wildman–Crippen LogP) is 3.45. The molecule has 1 aliphatic heterocycles. The number of carbonyl (C=O) groups is 1. The van der Waals surface area contributed by atoms with Crippen molar-refractivity contribution in [3.63, 3.8) is 0 Å². The maximum Gasteiger partial charge on any atom is 0.341 e. The molecular formula is C21H18N3O2+. The van der Waals surface area contributed by atoms with Gasteiger partial charge < -0.3 is 5.21 Å². The molecule has 1 amide bonds. The first kappa shape index (κ1) is 16.0. The van der Waals surface area contributed by atoms with Crippen molar-refractivity contribution < 1.29 is 14.7 Å². The Morgan fingerprint density at radius 3 is 2.69 bits per heavy atom. The number of rotatable bonds is 3. The second-order valence-electron chi connectivity index (χ2n) is 6.25. The van der Waals surface area contributed by atoms with E-state index in [0.29, 0.717) is 23.5 Å². The van der Waals surface area contributed by atoms with Gasteiger partial charge in [-0.1, -0.05) is 47.2 Å². The highest BCUT2D eigenvalue weighted by atomic mass is 16.5. The lowest BCUT2D eigenvalue weighted by Crippen LogP contribution is -2.35. The molecule has 0 saturated carbocycles. The Morgan fingerprint density at radius 2 is 1.88 bits per heavy atom. The van der Waals surface area contributed by atoms with Crippen LogP contribution in [0.15, 0.2) is 71.9 Å². The van der Waals surface area contributed by atoms with E-state index in [1.54, 1.807) is 24.3 Å². The number of aromatic nitrogens is 1. The maximum absolute atomic E-state index is 12.7. The fraction of sp³-hybridized carbons (Fsp3) is 0.0952. The lowest BCUT2D eigenvalue weighted by atomic mass is 9.99. The van der Waals surface area contributed by atoms with Crippen LogP contribution in [0.1, 0.15) is 27.0 Å². The Morgan fingerprint density at radius 1 is 1.08 bits per heavy atom. The molecule has 128 valence electrons. The smallest absolute Gasteiger partial charge is 0.341 e. The largest absolute Gasteiger partial charge is 0.350 e. The Kier molecular flexibility index (Phi) is 3.97. The molecule has 0 saturated heterocycles. The first-order chi connectivity index (χ1) is 12.6. The summed E-state index contributed by atoms with van der Waals surface area (Å²) in [6, 6.07) is 18.8. The van der Waals surface area contributed by atoms with Gasteiger partial charge in [-0.05, 0) is 35.7 Å². The number of para-hydroxylation sites is 1. The lowest BCUT2D eigenvalue weighted by Gasteiger charge is -2.04. The summed E-state index contributed by atoms with van der Waals surface area (Å²) in [6.45, 7) is 2.06. The second kappa shape index (κ2) is 6.44. The van der Waals surface area contributed by atoms with E-state index in [-0.39, 0.29) is 5.91 Å². The molecule has 2 heterocycles. The Labute approximate surface area is 151 Å². The number of pyridine rings is 1. The monoisotopic (exact) mass is 344 g/mol. The summed E-state index contributed by atoms with van der Waals surface area (Å²) in [4.78, 5) is 17.5. The fourth-order valence-corrected chi connectivity index (χ4v) is 3.17. The van der Waals surface area contributed by atoms with E-state index >= 15 is 0 Å². The molecule has 0 unspecified atom stereocenters. The predicted molar refractivity (Wildman–Crippen MR) is 99.3 cm³/mol. The number of nitrogens with zero attached hydrogens (tertiary/aromatic N) is 2. The van der Waals surface area contributed by atoms with Crippen LogP contribution < -0.4 is 10.0 Å². The number of anilines is 1. The van der Waals surface area contributed by atoms with Crippen molar-refractivity contribution >= 4 is 23.1 Å². The fourth-order valence-electron chi connectivity index (χ4n) is 3.17. The zero-order valence-corrected chi connectivity index (χ0v) is 14.3. The highest BCUT2D eigenvalue weighted by Crippen LogP contribution is 2.33. The first-order valence-corrected chi connectivity index (χ1v) is 8.40. The Bertz CT molecular complexity index is 1040. The van der Waals surface area contributed by atoms with Crippen molar-refractivity contribution in [1.29, 1.82) is 0 Å². The zero-order chi connectivity index (χ0) is 18.1. The van der Waals surface area contributed by atoms with Gasteiger partial charge in [0, 0.05) is 12.5 Å². The molecule has 5 heteroatoms. The standard InChI is InChI=1S/C21H17N3O2/c1-14-7-2-3-9-16(14)18-13-15-8-6-10-17(20(15)22-18)21(25)23-19-11-4-5-12-24(19)26/h2-12,26H,13H2,1H3/p+1. The lowest BCUT2D eigenvalue weighted by molar-refractivity contribution is -0.893. The molecule has 0 fully saturated rings. The number of amides is 1. The van der Waals surface area contributed by atoms with Gasteiger partial charge in [0.25, 0.3) is 0 Å². The minimum Gasteiger partial charge on any atom is -0.350 e. The molecule has 5 nitrogen and oxygen atoms in total. The molecular weight excluding hydrogens is 326 g/mol. The third-order valence-electron chi connectivity index (χ3n) is 4.51. The van der Waals surface area contributed by atoms with Crippen LogP contribution in [0.2, 0.25) is 0 Å². The van der Waals surface area contributed by atoms with Crippen LogP contribution in [0.3, 0.4) is 0 Å². The topological polar surface area (TPSA) is 65.6 Å². The van der Waals surface area contributed by atoms with Crippen LogP contribution in [0.4, 0.5) is 11.5 Å². The van der Waals surface area contributed by atoms with Gasteiger partial charge in [-0.25, -0.2) is 10.1 Å². The van der Waals surface area contributed by atoms with Gasteiger partial charge in [-0.15, -0.1) is 0 Å². The van der Waals surface area contributed by atoms with E-state index in [1.807, 2.05) is 24.3 Å². The minimum absolute atomic E-state index is 0.300. The second-order valence-corrected chi connectivity index (χ2v) is 6.25. The summed E-state index contributed by atoms with van der Waals surface area (Å²) in [6.07, 6.45) is 2.16. The van der Waals surface area contributed by atoms with Crippen molar-refractivity contribution in [3.8, 4) is 0 Å². The van der Waals surface area contributed by atoms with Crippen molar-refractivity contribution in [2.24, 2.45) is 4.99 Å². The molecule has 0 aliphatic carbocycles. The zero-order valence-electron chi connectivity index (χ0n) is 14.3. The number of carbonyl (C=O) groups excluding carboxylic acids is 1. The number of aryl methyl sites for hydroxylation is 1. The van der Waals surface area contributed by atoms with E-state index < -0.39 is 0 Å². The summed E-state index contributed by atoms with van der Waals surface area (Å²) in [5.41, 5.74) is 5.46. The van der Waals surface area contributed by atoms with Gasteiger partial charge in [0.2, 0.25) is 0 Å². The van der Waals surface area contributed by atoms with Gasteiger partial charge in [-0.2, -0.15) is 0 Å². The molecule has 0 spiro atoms. The summed E-state index contributed by atoms with van der Waals surface area (Å²) < 4.78 is 0.878. The molecule has 26 heavy (non-hydrogen) atoms. The molecule has 1 aliphatic rings. The molecule has 2 aromatic carbocycles. The third kappa shape index (κ3) is 2.84. The van der Waals surface area contributed by atoms with Crippen molar-refractivity contribution in [3.05, 3.63) is 89.1 Å². The van der Waals surface area contributed by atoms with Gasteiger partial charge >= 0.3 is 11.7 Å². The number of nitrogens with one attached hydrogen (secondary N) is 1. The highest BCUT2D eigenvalue weighted by Gasteiger charge is 2.25. The summed E-state index contributed by atoms with van der Waals surface area (Å²) in [5, 5.41) is 12.5. The third-order valence-corrected chi connectivity index (χ3v) is 4.51. The van der Waals surface area contributed by atoms with Gasteiger partial charge in [-0.3, -0.25) is 4.99 Å². The van der Waals surface area contributed by atoms with Gasteiger partial charge in [0.05, 0.1) is 17.0 Å². The van der Waals surface area contributed by atoms with Gasteiger partial charge in [0.15, 0.2) is 0 Å². The van der Waals surface area contributed by atoms with Crippen LogP contribution in [-0.2, 0) is 6.42 Å². The average Bonchev–Trinajstić information content (AvgIpc) is 3.07. The van der Waals surface area contributed by atoms with Gasteiger partial charge in [0.1, 0.15) is 6.20 Å². The minimum atomic E-state index is -0.300. The SMILES string of the molecule is Cc1ccccc1C1=Nc2c(cccc2C(=O)Nc2cccc[n+]2O)C1. The average molecular weight is 344 g/mol. The van der Waals surface area contributed by atoms with Crippen LogP contribution in [0.25, 0.3) is 0 Å². The van der Waals surface area contributed by atoms with Crippen molar-refractivity contribution in [2.45, 2.75) is 13.3 Å². The molecule has 4 rings (SSSR count). The number of fused-ring (bicyclic) bond motifs is 1. The summed E-state index contributed by atoms with van der Waals surface area (Å²) in [7, 11) is 0. The quantitative estimate of drug-likeness (QED) is 0.564. The molecule has 0 radical (unpaired) electrons. The number of aliphatic imine (C=N–C) groups is 1. The molecule has 0 bridgehead atoms. The van der Waals surface area contributed by atoms with Crippen LogP contribution in [0.5, 0.6) is 0 Å².